The average molecular weight is 455 g/mol. The van der Waals surface area contributed by atoms with Crippen LogP contribution in [0.25, 0.3) is 20.3 Å². The van der Waals surface area contributed by atoms with E-state index in [4.69, 9.17) is 9.72 Å². The molecule has 8 heteroatoms. The number of thioether (sulfide) groups is 1. The van der Waals surface area contributed by atoms with Crippen LogP contribution in [-0.4, -0.2) is 33.8 Å². The minimum atomic E-state index is -0.544. The highest BCUT2D eigenvalue weighted by molar-refractivity contribution is 7.99. The number of hydrogen-bond acceptors (Lipinski definition) is 6. The normalized spacial score (nSPS) is 16.4. The van der Waals surface area contributed by atoms with Crippen molar-refractivity contribution in [3.63, 3.8) is 0 Å². The SMILES string of the molecule is O=C(CSc1nc2c(sc3ccccc32)c(=O)n1CC1CCCO1)c1ccccc1F. The molecule has 1 fully saturated rings. The van der Waals surface area contributed by atoms with Crippen molar-refractivity contribution >= 4 is 49.2 Å². The summed E-state index contributed by atoms with van der Waals surface area (Å²) in [5, 5.41) is 1.38. The molecule has 0 radical (unpaired) electrons. The van der Waals surface area contributed by atoms with Crippen LogP contribution in [0.2, 0.25) is 0 Å². The number of halogens is 1. The zero-order valence-electron chi connectivity index (χ0n) is 16.5. The van der Waals surface area contributed by atoms with Gasteiger partial charge >= 0.3 is 0 Å². The summed E-state index contributed by atoms with van der Waals surface area (Å²) in [5.41, 5.74) is 0.572. The number of fused-ring (bicyclic) bond motifs is 3. The van der Waals surface area contributed by atoms with Gasteiger partial charge in [-0.1, -0.05) is 42.1 Å². The van der Waals surface area contributed by atoms with Gasteiger partial charge in [0.05, 0.1) is 29.5 Å². The Kier molecular flexibility index (Phi) is 5.60. The number of thiophene rings is 1. The first-order valence-electron chi connectivity index (χ1n) is 10.1. The van der Waals surface area contributed by atoms with E-state index in [1.54, 1.807) is 16.7 Å². The number of hydrogen-bond donors (Lipinski definition) is 0. The Morgan fingerprint density at radius 2 is 2.03 bits per heavy atom. The molecule has 158 valence electrons. The van der Waals surface area contributed by atoms with Gasteiger partial charge in [0.15, 0.2) is 10.9 Å². The Bertz CT molecular complexity index is 1340. The highest BCUT2D eigenvalue weighted by Crippen LogP contribution is 2.32. The van der Waals surface area contributed by atoms with Crippen molar-refractivity contribution in [3.05, 3.63) is 70.3 Å². The second-order valence-corrected chi connectivity index (χ2v) is 9.41. The van der Waals surface area contributed by atoms with Crippen molar-refractivity contribution in [2.75, 3.05) is 12.4 Å². The predicted molar refractivity (Wildman–Crippen MR) is 122 cm³/mol. The summed E-state index contributed by atoms with van der Waals surface area (Å²) in [6, 6.07) is 13.7. The van der Waals surface area contributed by atoms with Gasteiger partial charge in [-0.15, -0.1) is 11.3 Å². The Labute approximate surface area is 185 Å². The summed E-state index contributed by atoms with van der Waals surface area (Å²) in [7, 11) is 0. The van der Waals surface area contributed by atoms with E-state index >= 15 is 0 Å². The molecule has 1 saturated heterocycles. The van der Waals surface area contributed by atoms with E-state index in [0.717, 1.165) is 22.9 Å². The van der Waals surface area contributed by atoms with Gasteiger partial charge in [-0.2, -0.15) is 0 Å². The third-order valence-electron chi connectivity index (χ3n) is 5.36. The number of ether oxygens (including phenoxy) is 1. The van der Waals surface area contributed by atoms with Gasteiger partial charge in [0, 0.05) is 16.7 Å². The topological polar surface area (TPSA) is 61.2 Å². The number of nitrogens with zero attached hydrogens (tertiary/aromatic N) is 2. The lowest BCUT2D eigenvalue weighted by molar-refractivity contribution is 0.0938. The van der Waals surface area contributed by atoms with Crippen molar-refractivity contribution in [2.24, 2.45) is 0 Å². The molecule has 0 saturated carbocycles. The molecule has 1 atom stereocenters. The van der Waals surface area contributed by atoms with Gasteiger partial charge in [-0.05, 0) is 31.0 Å². The fraction of sp³-hybridized carbons (Fsp3) is 0.261. The van der Waals surface area contributed by atoms with Crippen LogP contribution < -0.4 is 5.56 Å². The lowest BCUT2D eigenvalue weighted by Gasteiger charge is -2.15. The van der Waals surface area contributed by atoms with Gasteiger partial charge in [-0.25, -0.2) is 9.37 Å². The molecule has 5 nitrogen and oxygen atoms in total. The van der Waals surface area contributed by atoms with Crippen LogP contribution in [0.1, 0.15) is 23.2 Å². The largest absolute Gasteiger partial charge is 0.376 e. The molecule has 2 aromatic heterocycles. The zero-order chi connectivity index (χ0) is 21.4. The minimum absolute atomic E-state index is 0.00747. The van der Waals surface area contributed by atoms with Gasteiger partial charge in [0.25, 0.3) is 5.56 Å². The van der Waals surface area contributed by atoms with Crippen molar-refractivity contribution in [1.82, 2.24) is 9.55 Å². The van der Waals surface area contributed by atoms with Gasteiger partial charge < -0.3 is 4.74 Å². The fourth-order valence-corrected chi connectivity index (χ4v) is 5.79. The van der Waals surface area contributed by atoms with Gasteiger partial charge in [0.2, 0.25) is 0 Å². The summed E-state index contributed by atoms with van der Waals surface area (Å²) in [6.07, 6.45) is 1.80. The van der Waals surface area contributed by atoms with Gasteiger partial charge in [-0.3, -0.25) is 14.2 Å². The first-order valence-corrected chi connectivity index (χ1v) is 11.9. The van der Waals surface area contributed by atoms with Crippen LogP contribution in [0.5, 0.6) is 0 Å². The Morgan fingerprint density at radius 3 is 2.84 bits per heavy atom. The third kappa shape index (κ3) is 3.91. The lowest BCUT2D eigenvalue weighted by atomic mass is 10.1. The summed E-state index contributed by atoms with van der Waals surface area (Å²) >= 11 is 2.60. The van der Waals surface area contributed by atoms with Crippen LogP contribution >= 0.6 is 23.1 Å². The molecule has 2 aromatic carbocycles. The zero-order valence-corrected chi connectivity index (χ0v) is 18.2. The van der Waals surface area contributed by atoms with Gasteiger partial charge in [0.1, 0.15) is 10.5 Å². The number of carbonyl (C=O) groups excluding carboxylic acids is 1. The molecule has 1 aliphatic rings. The monoisotopic (exact) mass is 454 g/mol. The molecule has 0 aliphatic carbocycles. The van der Waals surface area contributed by atoms with E-state index in [9.17, 15) is 14.0 Å². The van der Waals surface area contributed by atoms with Crippen molar-refractivity contribution in [1.29, 1.82) is 0 Å². The molecule has 0 amide bonds. The molecule has 1 aliphatic heterocycles. The maximum atomic E-state index is 14.0. The van der Waals surface area contributed by atoms with E-state index in [1.165, 1.54) is 35.2 Å². The van der Waals surface area contributed by atoms with Crippen LogP contribution in [0.3, 0.4) is 0 Å². The van der Waals surface area contributed by atoms with Crippen molar-refractivity contribution < 1.29 is 13.9 Å². The van der Waals surface area contributed by atoms with E-state index in [0.29, 0.717) is 28.5 Å². The quantitative estimate of drug-likeness (QED) is 0.236. The summed E-state index contributed by atoms with van der Waals surface area (Å²) in [5.74, 6) is -0.889. The number of rotatable bonds is 6. The predicted octanol–water partition coefficient (Wildman–Crippen LogP) is 4.90. The summed E-state index contributed by atoms with van der Waals surface area (Å²) < 4.78 is 23.0. The lowest BCUT2D eigenvalue weighted by Crippen LogP contribution is -2.28. The number of ketones is 1. The number of carbonyl (C=O) groups is 1. The Morgan fingerprint density at radius 1 is 1.23 bits per heavy atom. The summed E-state index contributed by atoms with van der Waals surface area (Å²) in [6.45, 7) is 1.08. The Hall–Kier alpha value is -2.55. The first kappa shape index (κ1) is 20.4. The summed E-state index contributed by atoms with van der Waals surface area (Å²) in [4.78, 5) is 30.8. The highest BCUT2D eigenvalue weighted by atomic mass is 32.2. The molecule has 0 N–H and O–H groups in total. The number of aromatic nitrogens is 2. The molecule has 5 rings (SSSR count). The second-order valence-electron chi connectivity index (χ2n) is 7.41. The number of benzene rings is 2. The average Bonchev–Trinajstić information content (AvgIpc) is 3.42. The standard InChI is InChI=1S/C23H19FN2O3S2/c24-17-9-3-1-7-15(17)18(27)13-30-23-25-20-16-8-2-4-10-19(16)31-21(20)22(28)26(23)12-14-6-5-11-29-14/h1-4,7-10,14H,5-6,11-13H2. The van der Waals surface area contributed by atoms with E-state index in [2.05, 4.69) is 0 Å². The van der Waals surface area contributed by atoms with E-state index in [1.807, 2.05) is 24.3 Å². The number of Topliss-reactive ketones (excluding diaryl/α,β-unsaturated/α-hetero) is 1. The smallest absolute Gasteiger partial charge is 0.272 e. The molecule has 0 bridgehead atoms. The second kappa shape index (κ2) is 8.53. The molecular formula is C23H19FN2O3S2. The van der Waals surface area contributed by atoms with Crippen LogP contribution in [0, 0.1) is 5.82 Å². The molecule has 3 heterocycles. The van der Waals surface area contributed by atoms with Crippen LogP contribution in [0.4, 0.5) is 4.39 Å². The fourth-order valence-electron chi connectivity index (χ4n) is 3.81. The highest BCUT2D eigenvalue weighted by Gasteiger charge is 2.22. The minimum Gasteiger partial charge on any atom is -0.376 e. The molecule has 31 heavy (non-hydrogen) atoms. The van der Waals surface area contributed by atoms with Crippen LogP contribution in [-0.2, 0) is 11.3 Å². The molecule has 1 unspecified atom stereocenters. The van der Waals surface area contributed by atoms with Crippen molar-refractivity contribution in [3.8, 4) is 0 Å². The van der Waals surface area contributed by atoms with Crippen LogP contribution in [0.15, 0.2) is 58.5 Å². The van der Waals surface area contributed by atoms with E-state index in [-0.39, 0.29) is 28.8 Å². The molecule has 0 spiro atoms. The molecule has 4 aromatic rings. The molecular weight excluding hydrogens is 435 g/mol. The third-order valence-corrected chi connectivity index (χ3v) is 7.49. The first-order chi connectivity index (χ1) is 15.1. The maximum absolute atomic E-state index is 14.0. The maximum Gasteiger partial charge on any atom is 0.272 e. The van der Waals surface area contributed by atoms with E-state index < -0.39 is 5.82 Å². The Balaban J connectivity index is 1.55. The van der Waals surface area contributed by atoms with Crippen molar-refractivity contribution in [2.45, 2.75) is 30.6 Å².